The maximum absolute atomic E-state index is 12.5. The fraction of sp³-hybridized carbons (Fsp3) is 0.917. The first kappa shape index (κ1) is 21.3. The second kappa shape index (κ2) is 7.64. The number of nitrogens with one attached hydrogen (secondary N) is 1. The van der Waals surface area contributed by atoms with Gasteiger partial charge in [-0.25, -0.2) is 0 Å². The Morgan fingerprint density at radius 2 is 2.04 bits per heavy atom. The molecule has 140 valence electrons. The summed E-state index contributed by atoms with van der Waals surface area (Å²) < 4.78 is 28.4. The summed E-state index contributed by atoms with van der Waals surface area (Å²) in [6, 6.07) is 0. The Labute approximate surface area is 142 Å². The molecule has 0 aliphatic carbocycles. The van der Waals surface area contributed by atoms with Crippen LogP contribution < -0.4 is 16.2 Å². The number of hydrogen-bond acceptors (Lipinski definition) is 7. The van der Waals surface area contributed by atoms with Crippen molar-refractivity contribution in [2.24, 2.45) is 17.4 Å². The van der Waals surface area contributed by atoms with Crippen LogP contribution in [0.25, 0.3) is 0 Å². The molecule has 12 heteroatoms. The van der Waals surface area contributed by atoms with Gasteiger partial charge in [-0.1, -0.05) is 6.42 Å². The van der Waals surface area contributed by atoms with Crippen LogP contribution in [-0.2, 0) is 15.0 Å². The van der Waals surface area contributed by atoms with Crippen molar-refractivity contribution < 1.29 is 28.4 Å². The van der Waals surface area contributed by atoms with Crippen molar-refractivity contribution in [3.8, 4) is 0 Å². The van der Waals surface area contributed by atoms with E-state index in [-0.39, 0.29) is 32.4 Å². The van der Waals surface area contributed by atoms with Gasteiger partial charge in [0.05, 0.1) is 0 Å². The zero-order valence-corrected chi connectivity index (χ0v) is 14.8. The topological polar surface area (TPSA) is 179 Å². The summed E-state index contributed by atoms with van der Waals surface area (Å²) in [4.78, 5) is 11.6. The Balaban J connectivity index is 2.91. The third-order valence-corrected chi connectivity index (χ3v) is 6.03. The average molecular weight is 366 g/mol. The molecule has 0 unspecified atom stereocenters. The van der Waals surface area contributed by atoms with Gasteiger partial charge in [-0.3, -0.25) is 4.79 Å². The first-order valence-electron chi connectivity index (χ1n) is 7.71. The van der Waals surface area contributed by atoms with E-state index in [4.69, 9.17) is 21.5 Å². The average Bonchev–Trinajstić information content (AvgIpc) is 2.77. The maximum Gasteiger partial charge on any atom is 0.451 e. The zero-order chi connectivity index (χ0) is 18.8. The fourth-order valence-corrected chi connectivity index (χ4v) is 4.34. The molecular weight excluding hydrogens is 339 g/mol. The molecule has 10 nitrogen and oxygen atoms in total. The summed E-state index contributed by atoms with van der Waals surface area (Å²) in [6.07, 6.45) is 0.661. The molecule has 2 atom stereocenters. The summed E-state index contributed by atoms with van der Waals surface area (Å²) >= 11 is 0. The highest BCUT2D eigenvalue weighted by Crippen LogP contribution is 2.32. The number of carbonyl (C=O) groups is 1. The second-order valence-corrected chi connectivity index (χ2v) is 8.61. The minimum Gasteiger partial charge on any atom is -0.480 e. The van der Waals surface area contributed by atoms with Crippen molar-refractivity contribution >= 4 is 23.3 Å². The lowest BCUT2D eigenvalue weighted by molar-refractivity contribution is -0.144. The van der Waals surface area contributed by atoms with Crippen LogP contribution in [0.3, 0.4) is 0 Å². The predicted octanol–water partition coefficient (Wildman–Crippen LogP) is -2.47. The van der Waals surface area contributed by atoms with Crippen LogP contribution in [0.5, 0.6) is 0 Å². The van der Waals surface area contributed by atoms with Crippen molar-refractivity contribution in [2.75, 3.05) is 19.6 Å². The van der Waals surface area contributed by atoms with Crippen LogP contribution in [0, 0.1) is 5.92 Å². The van der Waals surface area contributed by atoms with E-state index < -0.39 is 40.3 Å². The number of carboxylic acid groups (broad SMARTS) is 1. The molecule has 0 aromatic carbocycles. The molecule has 0 aromatic heterocycles. The van der Waals surface area contributed by atoms with Crippen LogP contribution in [-0.4, -0.2) is 71.7 Å². The molecule has 24 heavy (non-hydrogen) atoms. The van der Waals surface area contributed by atoms with Gasteiger partial charge in [0.15, 0.2) is 0 Å². The van der Waals surface area contributed by atoms with E-state index in [9.17, 15) is 18.3 Å². The lowest BCUT2D eigenvalue weighted by Crippen LogP contribution is -2.57. The molecule has 0 aromatic rings. The van der Waals surface area contributed by atoms with Crippen molar-refractivity contribution in [2.45, 2.75) is 44.1 Å². The van der Waals surface area contributed by atoms with Gasteiger partial charge in [-0.2, -0.15) is 17.4 Å². The minimum atomic E-state index is -3.95. The van der Waals surface area contributed by atoms with E-state index in [2.05, 4.69) is 4.72 Å². The Bertz CT molecular complexity index is 558. The van der Waals surface area contributed by atoms with E-state index in [1.54, 1.807) is 13.8 Å². The molecule has 8 N–H and O–H groups in total. The van der Waals surface area contributed by atoms with Gasteiger partial charge in [0, 0.05) is 31.1 Å². The van der Waals surface area contributed by atoms with Gasteiger partial charge in [0.1, 0.15) is 5.54 Å². The molecule has 1 aliphatic heterocycles. The van der Waals surface area contributed by atoms with E-state index in [0.717, 1.165) is 4.31 Å². The number of carboxylic acids is 1. The largest absolute Gasteiger partial charge is 0.480 e. The molecule has 0 amide bonds. The fourth-order valence-electron chi connectivity index (χ4n) is 2.67. The number of nitrogens with two attached hydrogens (primary N) is 2. The molecule has 0 bridgehead atoms. The molecular formula is C12H27BN4O6S. The molecule has 1 rings (SSSR count). The Morgan fingerprint density at radius 1 is 1.46 bits per heavy atom. The zero-order valence-electron chi connectivity index (χ0n) is 14.0. The van der Waals surface area contributed by atoms with Crippen LogP contribution in [0.4, 0.5) is 0 Å². The Morgan fingerprint density at radius 3 is 2.50 bits per heavy atom. The second-order valence-electron chi connectivity index (χ2n) is 6.94. The predicted molar refractivity (Wildman–Crippen MR) is 89.0 cm³/mol. The normalized spacial score (nSPS) is 25.8. The van der Waals surface area contributed by atoms with Crippen molar-refractivity contribution in [3.05, 3.63) is 0 Å². The van der Waals surface area contributed by atoms with Gasteiger partial charge < -0.3 is 26.6 Å². The van der Waals surface area contributed by atoms with Crippen LogP contribution in [0.15, 0.2) is 0 Å². The third-order valence-electron chi connectivity index (χ3n) is 4.26. The summed E-state index contributed by atoms with van der Waals surface area (Å²) in [5, 5.41) is 27.2. The van der Waals surface area contributed by atoms with Gasteiger partial charge in [0.25, 0.3) is 10.2 Å². The quantitative estimate of drug-likeness (QED) is 0.243. The molecule has 1 heterocycles. The Kier molecular flexibility index (Phi) is 6.78. The van der Waals surface area contributed by atoms with Crippen molar-refractivity contribution in [1.29, 1.82) is 0 Å². The molecule has 1 saturated heterocycles. The highest BCUT2D eigenvalue weighted by molar-refractivity contribution is 7.87. The molecule has 0 saturated carbocycles. The van der Waals surface area contributed by atoms with Crippen LogP contribution in [0.2, 0.25) is 6.32 Å². The first-order chi connectivity index (χ1) is 10.8. The van der Waals surface area contributed by atoms with E-state index in [0.29, 0.717) is 6.42 Å². The number of nitrogens with zero attached hydrogens (tertiary/aromatic N) is 1. The highest BCUT2D eigenvalue weighted by Gasteiger charge is 2.52. The number of rotatable bonds is 9. The van der Waals surface area contributed by atoms with Crippen LogP contribution >= 0.6 is 0 Å². The monoisotopic (exact) mass is 366 g/mol. The lowest BCUT2D eigenvalue weighted by Gasteiger charge is -2.28. The summed E-state index contributed by atoms with van der Waals surface area (Å²) in [5.41, 5.74) is 8.89. The van der Waals surface area contributed by atoms with E-state index in [1.165, 1.54) is 0 Å². The van der Waals surface area contributed by atoms with Gasteiger partial charge in [-0.15, -0.1) is 0 Å². The molecule has 0 spiro atoms. The smallest absolute Gasteiger partial charge is 0.451 e. The minimum absolute atomic E-state index is 0.0552. The third kappa shape index (κ3) is 5.12. The van der Waals surface area contributed by atoms with E-state index >= 15 is 0 Å². The number of hydrogen-bond donors (Lipinski definition) is 6. The summed E-state index contributed by atoms with van der Waals surface area (Å²) in [6.45, 7) is 2.90. The standard InChI is InChI=1S/C12H27BN4O6S/c1-11(2,7-14)16-24(22,23)17-6-9(4-3-5-13(20)21)12(15,8-17)10(18)19/h9,16,20-21H,3-8,14-15H2,1-2H3,(H,18,19)/t9-,12-/m1/s1. The first-order valence-corrected chi connectivity index (χ1v) is 9.15. The highest BCUT2D eigenvalue weighted by atomic mass is 32.2. The van der Waals surface area contributed by atoms with Gasteiger partial charge in [-0.05, 0) is 26.6 Å². The van der Waals surface area contributed by atoms with Crippen molar-refractivity contribution in [3.63, 3.8) is 0 Å². The Hall–Kier alpha value is -0.755. The SMILES string of the molecule is CC(C)(CN)NS(=O)(=O)N1C[C@@H](CCCB(O)O)[C@@](N)(C(=O)O)C1. The molecule has 1 aliphatic rings. The van der Waals surface area contributed by atoms with E-state index in [1.807, 2.05) is 0 Å². The number of aliphatic carboxylic acids is 1. The lowest BCUT2D eigenvalue weighted by atomic mass is 9.78. The maximum atomic E-state index is 12.5. The van der Waals surface area contributed by atoms with Gasteiger partial charge in [0.2, 0.25) is 0 Å². The summed E-state index contributed by atoms with van der Waals surface area (Å²) in [5.74, 6) is -1.92. The van der Waals surface area contributed by atoms with Crippen LogP contribution in [0.1, 0.15) is 26.7 Å². The molecule has 1 fully saturated rings. The van der Waals surface area contributed by atoms with Crippen molar-refractivity contribution in [1.82, 2.24) is 9.03 Å². The molecule has 0 radical (unpaired) electrons. The van der Waals surface area contributed by atoms with Gasteiger partial charge >= 0.3 is 13.1 Å². The summed E-state index contributed by atoms with van der Waals surface area (Å²) in [7, 11) is -5.44.